The summed E-state index contributed by atoms with van der Waals surface area (Å²) < 4.78 is 0. The molecular weight excluding hydrogens is 246 g/mol. The zero-order valence-corrected chi connectivity index (χ0v) is 11.3. The Balaban J connectivity index is 2.11. The van der Waals surface area contributed by atoms with Gasteiger partial charge in [-0.1, -0.05) is 6.92 Å². The second-order valence-corrected chi connectivity index (χ2v) is 4.93. The summed E-state index contributed by atoms with van der Waals surface area (Å²) in [6.45, 7) is 4.90. The van der Waals surface area contributed by atoms with Gasteiger partial charge in [-0.25, -0.2) is 15.8 Å². The first-order chi connectivity index (χ1) is 8.72. The van der Waals surface area contributed by atoms with Crippen molar-refractivity contribution < 1.29 is 0 Å². The van der Waals surface area contributed by atoms with Crippen LogP contribution >= 0.6 is 11.3 Å². The number of hydrazine groups is 1. The van der Waals surface area contributed by atoms with Gasteiger partial charge in [-0.05, 0) is 23.9 Å². The predicted molar refractivity (Wildman–Crippen MR) is 75.6 cm³/mol. The van der Waals surface area contributed by atoms with Crippen LogP contribution in [-0.2, 0) is 13.0 Å². The van der Waals surface area contributed by atoms with Crippen LogP contribution in [-0.4, -0.2) is 9.97 Å². The van der Waals surface area contributed by atoms with Gasteiger partial charge in [-0.2, -0.15) is 0 Å². The molecule has 2 rings (SSSR count). The van der Waals surface area contributed by atoms with E-state index in [0.717, 1.165) is 24.6 Å². The molecular formula is C12H17N5S. The van der Waals surface area contributed by atoms with Crippen LogP contribution in [0.1, 0.15) is 23.2 Å². The molecule has 2 aromatic rings. The van der Waals surface area contributed by atoms with Gasteiger partial charge in [-0.3, -0.25) is 0 Å². The maximum absolute atomic E-state index is 5.39. The van der Waals surface area contributed by atoms with Crippen molar-refractivity contribution in [3.63, 3.8) is 0 Å². The van der Waals surface area contributed by atoms with E-state index in [9.17, 15) is 0 Å². The van der Waals surface area contributed by atoms with E-state index in [1.807, 2.05) is 13.0 Å². The molecule has 0 amide bonds. The SMILES string of the molecule is CCc1nc(NN)cc(NCc2sccc2C)n1. The Hall–Kier alpha value is -1.66. The molecule has 0 aliphatic carbocycles. The number of nitrogen functional groups attached to an aromatic ring is 1. The molecule has 5 nitrogen and oxygen atoms in total. The second kappa shape index (κ2) is 5.79. The van der Waals surface area contributed by atoms with Crippen molar-refractivity contribution in [1.29, 1.82) is 0 Å². The first-order valence-corrected chi connectivity index (χ1v) is 6.72. The Morgan fingerprint density at radius 1 is 1.33 bits per heavy atom. The Bertz CT molecular complexity index is 501. The molecule has 0 bridgehead atoms. The highest BCUT2D eigenvalue weighted by molar-refractivity contribution is 7.10. The van der Waals surface area contributed by atoms with Gasteiger partial charge in [-0.15, -0.1) is 11.3 Å². The van der Waals surface area contributed by atoms with Gasteiger partial charge >= 0.3 is 0 Å². The molecule has 0 saturated carbocycles. The average Bonchev–Trinajstić information content (AvgIpc) is 2.81. The minimum atomic E-state index is 0.632. The fourth-order valence-corrected chi connectivity index (χ4v) is 2.42. The first kappa shape index (κ1) is 12.8. The van der Waals surface area contributed by atoms with Crippen LogP contribution in [0.5, 0.6) is 0 Å². The number of rotatable bonds is 5. The molecule has 4 N–H and O–H groups in total. The van der Waals surface area contributed by atoms with Crippen LogP contribution in [0, 0.1) is 6.92 Å². The van der Waals surface area contributed by atoms with E-state index in [1.165, 1.54) is 10.4 Å². The van der Waals surface area contributed by atoms with Crippen LogP contribution in [0.2, 0.25) is 0 Å². The molecule has 18 heavy (non-hydrogen) atoms. The number of nitrogens with zero attached hydrogens (tertiary/aromatic N) is 2. The summed E-state index contributed by atoms with van der Waals surface area (Å²) in [6, 6.07) is 3.92. The van der Waals surface area contributed by atoms with E-state index in [4.69, 9.17) is 5.84 Å². The van der Waals surface area contributed by atoms with Crippen LogP contribution in [0.25, 0.3) is 0 Å². The number of nitrogens with one attached hydrogen (secondary N) is 2. The van der Waals surface area contributed by atoms with E-state index in [-0.39, 0.29) is 0 Å². The lowest BCUT2D eigenvalue weighted by molar-refractivity contribution is 0.932. The van der Waals surface area contributed by atoms with E-state index in [0.29, 0.717) is 5.82 Å². The van der Waals surface area contributed by atoms with Gasteiger partial charge in [0.15, 0.2) is 0 Å². The summed E-state index contributed by atoms with van der Waals surface area (Å²) >= 11 is 1.74. The van der Waals surface area contributed by atoms with Crippen LogP contribution in [0.15, 0.2) is 17.5 Å². The molecule has 0 unspecified atom stereocenters. The van der Waals surface area contributed by atoms with Crippen molar-refractivity contribution in [3.05, 3.63) is 33.8 Å². The smallest absolute Gasteiger partial charge is 0.145 e. The molecule has 0 aliphatic rings. The number of thiophene rings is 1. The molecule has 0 fully saturated rings. The largest absolute Gasteiger partial charge is 0.365 e. The summed E-state index contributed by atoms with van der Waals surface area (Å²) in [5, 5.41) is 5.39. The van der Waals surface area contributed by atoms with E-state index in [2.05, 4.69) is 39.1 Å². The van der Waals surface area contributed by atoms with Gasteiger partial charge in [0.05, 0.1) is 6.54 Å². The van der Waals surface area contributed by atoms with Crippen LogP contribution < -0.4 is 16.6 Å². The zero-order chi connectivity index (χ0) is 13.0. The predicted octanol–water partition coefficient (Wildman–Crippen LogP) is 2.31. The number of hydrogen-bond donors (Lipinski definition) is 3. The Kier molecular flexibility index (Phi) is 4.11. The molecule has 96 valence electrons. The van der Waals surface area contributed by atoms with Crippen LogP contribution in [0.3, 0.4) is 0 Å². The summed E-state index contributed by atoms with van der Waals surface area (Å²) in [4.78, 5) is 9.98. The number of hydrogen-bond acceptors (Lipinski definition) is 6. The average molecular weight is 263 g/mol. The Labute approximate surface area is 110 Å². The first-order valence-electron chi connectivity index (χ1n) is 5.84. The van der Waals surface area contributed by atoms with Crippen molar-refractivity contribution >= 4 is 23.0 Å². The van der Waals surface area contributed by atoms with Crippen molar-refractivity contribution in [2.45, 2.75) is 26.8 Å². The lowest BCUT2D eigenvalue weighted by Gasteiger charge is -2.08. The highest BCUT2D eigenvalue weighted by Gasteiger charge is 2.04. The van der Waals surface area contributed by atoms with Gasteiger partial charge in [0, 0.05) is 17.4 Å². The van der Waals surface area contributed by atoms with Crippen LogP contribution in [0.4, 0.5) is 11.6 Å². The summed E-state index contributed by atoms with van der Waals surface area (Å²) in [5.74, 6) is 7.59. The molecule has 0 aliphatic heterocycles. The molecule has 0 saturated heterocycles. The highest BCUT2D eigenvalue weighted by atomic mass is 32.1. The van der Waals surface area contributed by atoms with Crippen molar-refractivity contribution in [1.82, 2.24) is 9.97 Å². The van der Waals surface area contributed by atoms with E-state index in [1.54, 1.807) is 11.3 Å². The van der Waals surface area contributed by atoms with Crippen molar-refractivity contribution in [2.24, 2.45) is 5.84 Å². The zero-order valence-electron chi connectivity index (χ0n) is 10.5. The highest BCUT2D eigenvalue weighted by Crippen LogP contribution is 2.18. The number of aromatic nitrogens is 2. The number of anilines is 2. The third-order valence-electron chi connectivity index (χ3n) is 2.63. The Morgan fingerprint density at radius 2 is 2.11 bits per heavy atom. The summed E-state index contributed by atoms with van der Waals surface area (Å²) in [5.41, 5.74) is 3.86. The quantitative estimate of drug-likeness (QED) is 0.570. The third-order valence-corrected chi connectivity index (χ3v) is 3.66. The van der Waals surface area contributed by atoms with Crippen molar-refractivity contribution in [3.8, 4) is 0 Å². The number of nitrogens with two attached hydrogens (primary N) is 1. The molecule has 6 heteroatoms. The lowest BCUT2D eigenvalue weighted by atomic mass is 10.3. The third kappa shape index (κ3) is 2.96. The van der Waals surface area contributed by atoms with E-state index < -0.39 is 0 Å². The maximum Gasteiger partial charge on any atom is 0.145 e. The van der Waals surface area contributed by atoms with Gasteiger partial charge in [0.2, 0.25) is 0 Å². The van der Waals surface area contributed by atoms with Gasteiger partial charge in [0.1, 0.15) is 17.5 Å². The minimum absolute atomic E-state index is 0.632. The fraction of sp³-hybridized carbons (Fsp3) is 0.333. The topological polar surface area (TPSA) is 75.9 Å². The minimum Gasteiger partial charge on any atom is -0.365 e. The molecule has 0 radical (unpaired) electrons. The van der Waals surface area contributed by atoms with Gasteiger partial charge < -0.3 is 10.7 Å². The maximum atomic E-state index is 5.39. The molecule has 2 heterocycles. The van der Waals surface area contributed by atoms with Crippen molar-refractivity contribution in [2.75, 3.05) is 10.7 Å². The lowest BCUT2D eigenvalue weighted by Crippen LogP contribution is -2.12. The monoisotopic (exact) mass is 263 g/mol. The number of aryl methyl sites for hydroxylation is 2. The molecule has 0 spiro atoms. The summed E-state index contributed by atoms with van der Waals surface area (Å²) in [7, 11) is 0. The van der Waals surface area contributed by atoms with E-state index >= 15 is 0 Å². The Morgan fingerprint density at radius 3 is 2.72 bits per heavy atom. The molecule has 0 atom stereocenters. The second-order valence-electron chi connectivity index (χ2n) is 3.93. The standard InChI is InChI=1S/C12H17N5S/c1-3-10-15-11(6-12(16-10)17-13)14-7-9-8(2)4-5-18-9/h4-6H,3,7,13H2,1-2H3,(H2,14,15,16,17). The molecule has 0 aromatic carbocycles. The summed E-state index contributed by atoms with van der Waals surface area (Å²) in [6.07, 6.45) is 0.780. The fourth-order valence-electron chi connectivity index (χ4n) is 1.58. The normalized spacial score (nSPS) is 10.4. The molecule has 2 aromatic heterocycles. The van der Waals surface area contributed by atoms with Gasteiger partial charge in [0.25, 0.3) is 0 Å².